The van der Waals surface area contributed by atoms with Crippen molar-refractivity contribution in [1.82, 2.24) is 0 Å². The third-order valence-electron chi connectivity index (χ3n) is 2.97. The van der Waals surface area contributed by atoms with Crippen LogP contribution in [0.4, 0.5) is 17.1 Å². The van der Waals surface area contributed by atoms with Crippen molar-refractivity contribution in [1.29, 1.82) is 0 Å². The molecule has 0 unspecified atom stereocenters. The van der Waals surface area contributed by atoms with Crippen LogP contribution in [0.5, 0.6) is 0 Å². The van der Waals surface area contributed by atoms with Crippen molar-refractivity contribution < 1.29 is 8.42 Å². The van der Waals surface area contributed by atoms with Crippen LogP contribution in [-0.4, -0.2) is 8.42 Å². The lowest BCUT2D eigenvalue weighted by molar-refractivity contribution is 0.603. The van der Waals surface area contributed by atoms with E-state index in [9.17, 15) is 8.42 Å². The fourth-order valence-electron chi connectivity index (χ4n) is 1.85. The standard InChI is InChI=1S/C16H12ClN3O2S2/c17-15-10-11-16(23-15)24(21,22)20-14-8-6-13(7-9-14)19-18-12-4-2-1-3-5-12/h1-11,20H. The number of nitrogens with one attached hydrogen (secondary N) is 1. The number of anilines is 1. The highest BCUT2D eigenvalue weighted by atomic mass is 35.5. The first-order valence-corrected chi connectivity index (χ1v) is 9.56. The smallest absolute Gasteiger partial charge is 0.271 e. The highest BCUT2D eigenvalue weighted by Gasteiger charge is 2.16. The molecule has 0 amide bonds. The summed E-state index contributed by atoms with van der Waals surface area (Å²) in [5, 5.41) is 8.21. The molecule has 0 aliphatic rings. The summed E-state index contributed by atoms with van der Waals surface area (Å²) in [5.41, 5.74) is 1.82. The maximum Gasteiger partial charge on any atom is 0.271 e. The predicted molar refractivity (Wildman–Crippen MR) is 97.2 cm³/mol. The third-order valence-corrected chi connectivity index (χ3v) is 6.07. The molecule has 1 heterocycles. The first kappa shape index (κ1) is 16.6. The first-order chi connectivity index (χ1) is 11.5. The van der Waals surface area contributed by atoms with Gasteiger partial charge in [-0.2, -0.15) is 10.2 Å². The Morgan fingerprint density at radius 1 is 0.833 bits per heavy atom. The lowest BCUT2D eigenvalue weighted by atomic mass is 10.3. The Hall–Kier alpha value is -2.22. The molecule has 8 heteroatoms. The van der Waals surface area contributed by atoms with Crippen LogP contribution in [0.3, 0.4) is 0 Å². The number of hydrogen-bond acceptors (Lipinski definition) is 5. The SMILES string of the molecule is O=S(=O)(Nc1ccc(N=Nc2ccccc2)cc1)c1ccc(Cl)s1. The minimum Gasteiger partial charge on any atom is -0.279 e. The van der Waals surface area contributed by atoms with E-state index in [-0.39, 0.29) is 4.21 Å². The van der Waals surface area contributed by atoms with Crippen LogP contribution in [0.2, 0.25) is 4.34 Å². The minimum atomic E-state index is -3.63. The Morgan fingerprint density at radius 3 is 2.04 bits per heavy atom. The second-order valence-corrected chi connectivity index (χ2v) is 8.37. The number of benzene rings is 2. The molecule has 0 radical (unpaired) electrons. The van der Waals surface area contributed by atoms with Gasteiger partial charge in [0.05, 0.1) is 15.7 Å². The van der Waals surface area contributed by atoms with E-state index in [1.165, 1.54) is 6.07 Å². The zero-order chi connectivity index (χ0) is 17.0. The van der Waals surface area contributed by atoms with E-state index in [4.69, 9.17) is 11.6 Å². The minimum absolute atomic E-state index is 0.167. The summed E-state index contributed by atoms with van der Waals surface area (Å²) in [4.78, 5) is 0. The van der Waals surface area contributed by atoms with Crippen molar-refractivity contribution in [2.45, 2.75) is 4.21 Å². The van der Waals surface area contributed by atoms with Crippen LogP contribution < -0.4 is 4.72 Å². The normalized spacial score (nSPS) is 11.7. The molecule has 2 aromatic carbocycles. The zero-order valence-corrected chi connectivity index (χ0v) is 14.6. The van der Waals surface area contributed by atoms with Gasteiger partial charge in [-0.3, -0.25) is 4.72 Å². The third kappa shape index (κ3) is 4.19. The maximum absolute atomic E-state index is 12.2. The van der Waals surface area contributed by atoms with Gasteiger partial charge >= 0.3 is 0 Å². The number of azo groups is 1. The van der Waals surface area contributed by atoms with Crippen LogP contribution in [0.1, 0.15) is 0 Å². The van der Waals surface area contributed by atoms with Gasteiger partial charge in [-0.25, -0.2) is 8.42 Å². The van der Waals surface area contributed by atoms with Crippen LogP contribution >= 0.6 is 22.9 Å². The number of thiophene rings is 1. The molecular formula is C16H12ClN3O2S2. The molecule has 0 fully saturated rings. The maximum atomic E-state index is 12.2. The molecule has 0 aliphatic carbocycles. The molecule has 24 heavy (non-hydrogen) atoms. The highest BCUT2D eigenvalue weighted by molar-refractivity contribution is 7.94. The van der Waals surface area contributed by atoms with Gasteiger partial charge in [0.2, 0.25) is 0 Å². The van der Waals surface area contributed by atoms with Crippen molar-refractivity contribution in [3.8, 4) is 0 Å². The van der Waals surface area contributed by atoms with Gasteiger partial charge < -0.3 is 0 Å². The van der Waals surface area contributed by atoms with Crippen LogP contribution in [-0.2, 0) is 10.0 Å². The Balaban J connectivity index is 1.72. The number of sulfonamides is 1. The number of hydrogen-bond donors (Lipinski definition) is 1. The summed E-state index contributed by atoms with van der Waals surface area (Å²) in [6, 6.07) is 19.0. The molecule has 3 rings (SSSR count). The summed E-state index contributed by atoms with van der Waals surface area (Å²) in [6.07, 6.45) is 0. The van der Waals surface area contributed by atoms with E-state index in [1.807, 2.05) is 30.3 Å². The Bertz CT molecular complexity index is 953. The van der Waals surface area contributed by atoms with Crippen LogP contribution in [0.15, 0.2) is 81.2 Å². The van der Waals surface area contributed by atoms with E-state index in [0.29, 0.717) is 15.7 Å². The summed E-state index contributed by atoms with van der Waals surface area (Å²) in [5.74, 6) is 0. The molecule has 1 aromatic heterocycles. The van der Waals surface area contributed by atoms with Gasteiger partial charge in [0.15, 0.2) is 0 Å². The molecule has 5 nitrogen and oxygen atoms in total. The summed E-state index contributed by atoms with van der Waals surface area (Å²) < 4.78 is 27.5. The van der Waals surface area contributed by atoms with Crippen molar-refractivity contribution in [3.63, 3.8) is 0 Å². The van der Waals surface area contributed by atoms with Gasteiger partial charge in [-0.1, -0.05) is 29.8 Å². The van der Waals surface area contributed by atoms with E-state index in [1.54, 1.807) is 30.3 Å². The highest BCUT2D eigenvalue weighted by Crippen LogP contribution is 2.28. The lowest BCUT2D eigenvalue weighted by Crippen LogP contribution is -2.11. The van der Waals surface area contributed by atoms with Crippen molar-refractivity contribution >= 4 is 50.0 Å². The van der Waals surface area contributed by atoms with Gasteiger partial charge in [-0.05, 0) is 48.5 Å². The van der Waals surface area contributed by atoms with Crippen molar-refractivity contribution in [2.24, 2.45) is 10.2 Å². The van der Waals surface area contributed by atoms with Crippen LogP contribution in [0, 0.1) is 0 Å². The molecular weight excluding hydrogens is 366 g/mol. The van der Waals surface area contributed by atoms with Crippen molar-refractivity contribution in [2.75, 3.05) is 4.72 Å². The summed E-state index contributed by atoms with van der Waals surface area (Å²) in [7, 11) is -3.63. The van der Waals surface area contributed by atoms with Gasteiger partial charge in [0, 0.05) is 5.69 Å². The molecule has 0 bridgehead atoms. The zero-order valence-electron chi connectivity index (χ0n) is 12.3. The quantitative estimate of drug-likeness (QED) is 0.586. The van der Waals surface area contributed by atoms with Gasteiger partial charge in [0.25, 0.3) is 10.0 Å². The van der Waals surface area contributed by atoms with Gasteiger partial charge in [-0.15, -0.1) is 11.3 Å². The van der Waals surface area contributed by atoms with E-state index >= 15 is 0 Å². The second-order valence-electron chi connectivity index (χ2n) is 4.75. The molecule has 0 spiro atoms. The van der Waals surface area contributed by atoms with Crippen LogP contribution in [0.25, 0.3) is 0 Å². The van der Waals surface area contributed by atoms with Crippen molar-refractivity contribution in [3.05, 3.63) is 71.1 Å². The number of rotatable bonds is 5. The summed E-state index contributed by atoms with van der Waals surface area (Å²) in [6.45, 7) is 0. The average molecular weight is 378 g/mol. The first-order valence-electron chi connectivity index (χ1n) is 6.88. The monoisotopic (exact) mass is 377 g/mol. The Morgan fingerprint density at radius 2 is 1.46 bits per heavy atom. The van der Waals surface area contributed by atoms with E-state index < -0.39 is 10.0 Å². The fourth-order valence-corrected chi connectivity index (χ4v) is 4.40. The fraction of sp³-hybridized carbons (Fsp3) is 0. The van der Waals surface area contributed by atoms with E-state index in [0.717, 1.165) is 17.0 Å². The molecule has 0 saturated heterocycles. The molecule has 0 saturated carbocycles. The topological polar surface area (TPSA) is 70.9 Å². The Labute approximate surface area is 148 Å². The average Bonchev–Trinajstić information content (AvgIpc) is 3.02. The van der Waals surface area contributed by atoms with E-state index in [2.05, 4.69) is 15.0 Å². The number of nitrogens with zero attached hydrogens (tertiary/aromatic N) is 2. The predicted octanol–water partition coefficient (Wildman–Crippen LogP) is 5.62. The summed E-state index contributed by atoms with van der Waals surface area (Å²) >= 11 is 6.78. The molecule has 122 valence electrons. The lowest BCUT2D eigenvalue weighted by Gasteiger charge is -2.06. The number of halogens is 1. The molecule has 0 aliphatic heterocycles. The van der Waals surface area contributed by atoms with Gasteiger partial charge in [0.1, 0.15) is 4.21 Å². The Kier molecular flexibility index (Phi) is 4.94. The molecule has 0 atom stereocenters. The molecule has 1 N–H and O–H groups in total. The molecule has 3 aromatic rings. The largest absolute Gasteiger partial charge is 0.279 e. The second kappa shape index (κ2) is 7.12.